The van der Waals surface area contributed by atoms with Crippen molar-refractivity contribution in [2.45, 2.75) is 0 Å². The van der Waals surface area contributed by atoms with Crippen LogP contribution in [0.2, 0.25) is 0 Å². The van der Waals surface area contributed by atoms with Crippen LogP contribution in [0.4, 0.5) is 69.3 Å². The molecule has 4 N–H and O–H groups in total. The minimum absolute atomic E-state index is 0.920. The van der Waals surface area contributed by atoms with Crippen molar-refractivity contribution in [3.8, 4) is 0 Å². The van der Waals surface area contributed by atoms with E-state index < -0.39 is 0 Å². The maximum Gasteiger partial charge on any atom is 0.117 e. The number of H-pyrrole nitrogens is 4. The summed E-state index contributed by atoms with van der Waals surface area (Å²) in [7, 11) is 0. The maximum atomic E-state index is 3.76. The molecule has 4 aromatic heterocycles. The number of nitrogens with zero attached hydrogens (tertiary/aromatic N) is 4. The number of nitrogens with one attached hydrogen (secondary N) is 4. The largest absolute Gasteiger partial charge is 0.327 e. The second-order valence-corrected chi connectivity index (χ2v) is 11.6. The van der Waals surface area contributed by atoms with Crippen LogP contribution in [0.1, 0.15) is 0 Å². The van der Waals surface area contributed by atoms with Crippen molar-refractivity contribution >= 4 is 69.3 Å². The Morgan fingerprint density at radius 3 is 0.542 bits per heavy atom. The first-order valence-corrected chi connectivity index (χ1v) is 16.0. The van der Waals surface area contributed by atoms with Crippen LogP contribution in [0.15, 0.2) is 170 Å². The van der Waals surface area contributed by atoms with Crippen molar-refractivity contribution in [3.63, 3.8) is 0 Å². The van der Waals surface area contributed by atoms with Crippen LogP contribution in [-0.2, 0) is 0 Å². The van der Waals surface area contributed by atoms with E-state index >= 15 is 0 Å². The number of benzene rings is 4. The van der Waals surface area contributed by atoms with E-state index in [2.05, 4.69) is 185 Å². The molecule has 0 radical (unpaired) electrons. The van der Waals surface area contributed by atoms with Crippen molar-refractivity contribution in [1.29, 1.82) is 0 Å². The van der Waals surface area contributed by atoms with Crippen LogP contribution in [-0.4, -0.2) is 19.9 Å². The van der Waals surface area contributed by atoms with Crippen molar-refractivity contribution < 1.29 is 0 Å². The smallest absolute Gasteiger partial charge is 0.117 e. The van der Waals surface area contributed by atoms with Crippen molar-refractivity contribution in [1.82, 2.24) is 19.9 Å². The highest BCUT2D eigenvalue weighted by Crippen LogP contribution is 2.44. The Morgan fingerprint density at radius 1 is 0.208 bits per heavy atom. The number of anilines is 12. The molecule has 0 spiro atoms. The number of para-hydroxylation sites is 4. The van der Waals surface area contributed by atoms with Crippen LogP contribution < -0.4 is 19.6 Å². The molecule has 1 aliphatic rings. The summed E-state index contributed by atoms with van der Waals surface area (Å²) in [5, 5.41) is 0. The predicted molar refractivity (Wildman–Crippen MR) is 196 cm³/mol. The highest BCUT2D eigenvalue weighted by atomic mass is 15.4. The maximum absolute atomic E-state index is 3.76. The van der Waals surface area contributed by atoms with Gasteiger partial charge in [0.1, 0.15) is 46.5 Å². The zero-order valence-electron chi connectivity index (χ0n) is 26.0. The molecule has 0 saturated carbocycles. The molecule has 1 aliphatic heterocycles. The molecular weight excluding hydrogens is 592 g/mol. The molecular formula is C40H32N8. The Bertz CT molecular complexity index is 1860. The lowest BCUT2D eigenvalue weighted by atomic mass is 10.3. The fraction of sp³-hybridized carbons (Fsp3) is 0. The molecule has 8 aromatic rings. The van der Waals surface area contributed by atoms with Gasteiger partial charge in [0.05, 0.1) is 0 Å². The zero-order valence-corrected chi connectivity index (χ0v) is 26.0. The third-order valence-electron chi connectivity index (χ3n) is 8.61. The Balaban J connectivity index is 1.30. The van der Waals surface area contributed by atoms with Gasteiger partial charge in [-0.25, -0.2) is 0 Å². The van der Waals surface area contributed by atoms with Gasteiger partial charge in [-0.1, -0.05) is 72.8 Å². The lowest BCUT2D eigenvalue weighted by molar-refractivity contribution is 1.09. The predicted octanol–water partition coefficient (Wildman–Crippen LogP) is 11.2. The van der Waals surface area contributed by atoms with Gasteiger partial charge in [-0.05, 0) is 97.1 Å². The van der Waals surface area contributed by atoms with Gasteiger partial charge in [0.2, 0.25) is 0 Å². The van der Waals surface area contributed by atoms with Crippen LogP contribution in [0.5, 0.6) is 0 Å². The lowest BCUT2D eigenvalue weighted by Gasteiger charge is -2.27. The molecule has 0 aliphatic carbocycles. The normalized spacial score (nSPS) is 12.8. The third-order valence-corrected chi connectivity index (χ3v) is 8.61. The summed E-state index contributed by atoms with van der Waals surface area (Å²) in [4.78, 5) is 23.9. The summed E-state index contributed by atoms with van der Waals surface area (Å²) in [6, 6.07) is 58.7. The number of aromatic nitrogens is 4. The monoisotopic (exact) mass is 624 g/mol. The molecule has 48 heavy (non-hydrogen) atoms. The zero-order chi connectivity index (χ0) is 31.9. The van der Waals surface area contributed by atoms with E-state index in [1.165, 1.54) is 0 Å². The molecule has 232 valence electrons. The van der Waals surface area contributed by atoms with Gasteiger partial charge < -0.3 is 19.9 Å². The molecule has 8 nitrogen and oxygen atoms in total. The molecule has 0 amide bonds. The molecule has 9 rings (SSSR count). The summed E-state index contributed by atoms with van der Waals surface area (Å²) in [5.41, 5.74) is 4.11. The average Bonchev–Trinajstić information content (AvgIpc) is 3.98. The third kappa shape index (κ3) is 4.80. The van der Waals surface area contributed by atoms with Crippen molar-refractivity contribution in [2.24, 2.45) is 0 Å². The number of rotatable bonds is 4. The van der Waals surface area contributed by atoms with Crippen LogP contribution >= 0.6 is 0 Å². The van der Waals surface area contributed by atoms with Crippen molar-refractivity contribution in [2.75, 3.05) is 19.6 Å². The van der Waals surface area contributed by atoms with E-state index in [4.69, 9.17) is 0 Å². The highest BCUT2D eigenvalue weighted by molar-refractivity contribution is 5.84. The second kappa shape index (κ2) is 11.5. The van der Waals surface area contributed by atoms with Crippen LogP contribution in [0.25, 0.3) is 0 Å². The van der Waals surface area contributed by atoms with Gasteiger partial charge in [0, 0.05) is 22.7 Å². The van der Waals surface area contributed by atoms with Gasteiger partial charge >= 0.3 is 0 Å². The minimum atomic E-state index is 0.920. The van der Waals surface area contributed by atoms with Gasteiger partial charge in [-0.2, -0.15) is 0 Å². The van der Waals surface area contributed by atoms with E-state index in [9.17, 15) is 0 Å². The molecule has 0 atom stereocenters. The fourth-order valence-corrected chi connectivity index (χ4v) is 6.47. The van der Waals surface area contributed by atoms with Gasteiger partial charge in [0.15, 0.2) is 0 Å². The molecule has 5 heterocycles. The molecule has 8 heteroatoms. The summed E-state index contributed by atoms with van der Waals surface area (Å²) in [6.45, 7) is 0. The second-order valence-electron chi connectivity index (χ2n) is 11.6. The Hall–Kier alpha value is -6.80. The first-order chi connectivity index (χ1) is 23.8. The Morgan fingerprint density at radius 2 is 0.375 bits per heavy atom. The summed E-state index contributed by atoms with van der Waals surface area (Å²) < 4.78 is 0. The summed E-state index contributed by atoms with van der Waals surface area (Å²) in [5.74, 6) is 7.36. The number of hydrogen-bond donors (Lipinski definition) is 4. The topological polar surface area (TPSA) is 76.1 Å². The number of hydrogen-bond acceptors (Lipinski definition) is 4. The first kappa shape index (κ1) is 27.5. The fourth-order valence-electron chi connectivity index (χ4n) is 6.47. The van der Waals surface area contributed by atoms with E-state index in [0.717, 1.165) is 69.3 Å². The standard InChI is InChI=1S/C40H32N8/c1-5-13-29(14-6-1)45-33-21-23-35(41-33)46(30-15-7-2-8-16-30)37-25-27-39(43-37)48(32-19-11-4-12-20-32)40-28-26-38(44-40)47(31-17-9-3-10-18-31)36-24-22-34(45)42-36/h1-28,41-44H. The van der Waals surface area contributed by atoms with E-state index in [1.54, 1.807) is 0 Å². The molecule has 0 fully saturated rings. The minimum Gasteiger partial charge on any atom is -0.327 e. The Kier molecular flexibility index (Phi) is 6.61. The van der Waals surface area contributed by atoms with Gasteiger partial charge in [-0.3, -0.25) is 19.6 Å². The molecule has 4 aromatic carbocycles. The summed E-state index contributed by atoms with van der Waals surface area (Å²) in [6.07, 6.45) is 0. The summed E-state index contributed by atoms with van der Waals surface area (Å²) >= 11 is 0. The quantitative estimate of drug-likeness (QED) is 0.157. The van der Waals surface area contributed by atoms with Crippen LogP contribution in [0.3, 0.4) is 0 Å². The van der Waals surface area contributed by atoms with Gasteiger partial charge in [0.25, 0.3) is 0 Å². The molecule has 0 unspecified atom stereocenters. The van der Waals surface area contributed by atoms with Crippen LogP contribution in [0, 0.1) is 0 Å². The van der Waals surface area contributed by atoms with E-state index in [0.29, 0.717) is 0 Å². The average molecular weight is 625 g/mol. The SMILES string of the molecule is c1ccc(N2c3ccc([nH]3)N(c3ccccc3)c3ccc([nH]3)N(c3ccccc3)c3ccc([nH]3)N(c3ccccc3)c3ccc2[nH]3)cc1. The van der Waals surface area contributed by atoms with E-state index in [-0.39, 0.29) is 0 Å². The molecule has 8 bridgehead atoms. The molecule has 0 saturated heterocycles. The number of aromatic amines is 4. The Labute approximate surface area is 278 Å². The van der Waals surface area contributed by atoms with E-state index in [1.807, 2.05) is 24.3 Å². The first-order valence-electron chi connectivity index (χ1n) is 16.0. The highest BCUT2D eigenvalue weighted by Gasteiger charge is 2.25. The van der Waals surface area contributed by atoms with Gasteiger partial charge in [-0.15, -0.1) is 0 Å². The number of fused-ring (bicyclic) bond motifs is 8. The van der Waals surface area contributed by atoms with Crippen molar-refractivity contribution in [3.05, 3.63) is 170 Å². The lowest BCUT2D eigenvalue weighted by Crippen LogP contribution is -2.15.